The Kier molecular flexibility index (Phi) is 6.94. The van der Waals surface area contributed by atoms with E-state index in [1.807, 2.05) is 11.0 Å². The van der Waals surface area contributed by atoms with Crippen LogP contribution in [0.15, 0.2) is 42.7 Å². The molecule has 36 heavy (non-hydrogen) atoms. The van der Waals surface area contributed by atoms with Crippen molar-refractivity contribution in [2.75, 3.05) is 45.2 Å². The van der Waals surface area contributed by atoms with Crippen LogP contribution >= 0.6 is 0 Å². The molecule has 10 heteroatoms. The van der Waals surface area contributed by atoms with Crippen molar-refractivity contribution in [1.29, 1.82) is 5.26 Å². The number of nitriles is 1. The molecule has 2 aliphatic heterocycles. The van der Waals surface area contributed by atoms with Gasteiger partial charge in [-0.1, -0.05) is 6.07 Å². The Morgan fingerprint density at radius 2 is 1.94 bits per heavy atom. The summed E-state index contributed by atoms with van der Waals surface area (Å²) in [4.78, 5) is 35.2. The molecule has 1 unspecified atom stereocenters. The fourth-order valence-electron chi connectivity index (χ4n) is 5.38. The number of benzene rings is 1. The molecule has 190 valence electrons. The fourth-order valence-corrected chi connectivity index (χ4v) is 5.38. The second-order valence-corrected chi connectivity index (χ2v) is 9.79. The molecule has 0 radical (unpaired) electrons. The van der Waals surface area contributed by atoms with Crippen molar-refractivity contribution >= 4 is 17.5 Å². The van der Waals surface area contributed by atoms with E-state index in [0.29, 0.717) is 38.2 Å². The van der Waals surface area contributed by atoms with Gasteiger partial charge in [-0.25, -0.2) is 0 Å². The number of rotatable bonds is 4. The number of hydrogen-bond donors (Lipinski definition) is 0. The van der Waals surface area contributed by atoms with Gasteiger partial charge in [-0.2, -0.15) is 18.4 Å². The molecule has 1 aromatic carbocycles. The van der Waals surface area contributed by atoms with Gasteiger partial charge in [0.15, 0.2) is 0 Å². The van der Waals surface area contributed by atoms with Crippen molar-refractivity contribution < 1.29 is 22.8 Å². The molecular formula is C26H28F3N5O2. The van der Waals surface area contributed by atoms with E-state index in [0.717, 1.165) is 11.6 Å². The number of pyridine rings is 1. The van der Waals surface area contributed by atoms with E-state index in [9.17, 15) is 22.8 Å². The SMILES string of the molecule is CN(C)C(=O)C1CN(c2ccc(C#N)c(C(F)(F)F)c2)CC12CCN(C(=O)Cc1cccnc1)CC2. The molecule has 1 aromatic heterocycles. The number of aromatic nitrogens is 1. The monoisotopic (exact) mass is 499 g/mol. The van der Waals surface area contributed by atoms with Gasteiger partial charge in [0.05, 0.1) is 29.5 Å². The number of halogens is 3. The van der Waals surface area contributed by atoms with Gasteiger partial charge in [0.1, 0.15) is 0 Å². The van der Waals surface area contributed by atoms with Crippen LogP contribution in [-0.2, 0) is 22.2 Å². The van der Waals surface area contributed by atoms with Crippen molar-refractivity contribution in [3.8, 4) is 6.07 Å². The number of piperidine rings is 1. The number of hydrogen-bond acceptors (Lipinski definition) is 5. The summed E-state index contributed by atoms with van der Waals surface area (Å²) < 4.78 is 40.7. The number of amides is 2. The maximum atomic E-state index is 13.6. The minimum absolute atomic E-state index is 0.00917. The summed E-state index contributed by atoms with van der Waals surface area (Å²) in [6.45, 7) is 1.64. The van der Waals surface area contributed by atoms with E-state index in [1.54, 1.807) is 43.5 Å². The van der Waals surface area contributed by atoms with Crippen molar-refractivity contribution in [2.45, 2.75) is 25.4 Å². The van der Waals surface area contributed by atoms with E-state index in [2.05, 4.69) is 4.98 Å². The highest BCUT2D eigenvalue weighted by atomic mass is 19.4. The van der Waals surface area contributed by atoms with Crippen LogP contribution in [0.3, 0.4) is 0 Å². The predicted octanol–water partition coefficient (Wildman–Crippen LogP) is 3.35. The van der Waals surface area contributed by atoms with E-state index < -0.39 is 28.6 Å². The normalized spacial score (nSPS) is 19.3. The molecule has 1 spiro atoms. The first kappa shape index (κ1) is 25.5. The summed E-state index contributed by atoms with van der Waals surface area (Å²) in [7, 11) is 3.35. The Balaban J connectivity index is 1.55. The number of likely N-dealkylation sites (tertiary alicyclic amines) is 1. The van der Waals surface area contributed by atoms with Crippen molar-refractivity contribution in [3.63, 3.8) is 0 Å². The highest BCUT2D eigenvalue weighted by molar-refractivity contribution is 5.82. The summed E-state index contributed by atoms with van der Waals surface area (Å²) in [5.41, 5.74) is -0.698. The lowest BCUT2D eigenvalue weighted by atomic mass is 9.70. The third kappa shape index (κ3) is 5.01. The summed E-state index contributed by atoms with van der Waals surface area (Å²) in [6, 6.07) is 8.94. The molecule has 0 saturated carbocycles. The molecule has 3 heterocycles. The lowest BCUT2D eigenvalue weighted by Gasteiger charge is -2.42. The minimum atomic E-state index is -4.66. The Labute approximate surface area is 208 Å². The van der Waals surface area contributed by atoms with Gasteiger partial charge in [-0.3, -0.25) is 14.6 Å². The van der Waals surface area contributed by atoms with E-state index in [-0.39, 0.29) is 24.8 Å². The second-order valence-electron chi connectivity index (χ2n) is 9.79. The standard InChI is InChI=1S/C26H28F3N5O2/c1-32(2)24(36)22-16-34(20-6-5-19(14-30)21(13-20)26(27,28)29)17-25(22)7-10-33(11-8-25)23(35)12-18-4-3-9-31-15-18/h3-6,9,13,15,22H,7-8,10-12,16-17H2,1-2H3. The Bertz CT molecular complexity index is 1170. The molecule has 2 aliphatic rings. The highest BCUT2D eigenvalue weighted by Crippen LogP contribution is 2.47. The average Bonchev–Trinajstić information content (AvgIpc) is 3.22. The topological polar surface area (TPSA) is 80.5 Å². The van der Waals surface area contributed by atoms with Gasteiger partial charge in [-0.15, -0.1) is 0 Å². The van der Waals surface area contributed by atoms with Gasteiger partial charge in [0.25, 0.3) is 0 Å². The summed E-state index contributed by atoms with van der Waals surface area (Å²) in [5.74, 6) is -0.490. The highest BCUT2D eigenvalue weighted by Gasteiger charge is 2.52. The first-order chi connectivity index (χ1) is 17.0. The molecule has 2 fully saturated rings. The van der Waals surface area contributed by atoms with Crippen LogP contribution < -0.4 is 4.90 Å². The van der Waals surface area contributed by atoms with Crippen molar-refractivity contribution in [2.24, 2.45) is 11.3 Å². The molecule has 2 amide bonds. The van der Waals surface area contributed by atoms with Gasteiger partial charge in [0, 0.05) is 63.8 Å². The van der Waals surface area contributed by atoms with Crippen molar-refractivity contribution in [1.82, 2.24) is 14.8 Å². The molecule has 4 rings (SSSR count). The van der Waals surface area contributed by atoms with Gasteiger partial charge >= 0.3 is 6.18 Å². The molecule has 0 aliphatic carbocycles. The van der Waals surface area contributed by atoms with Crippen LogP contribution in [0, 0.1) is 22.7 Å². The number of anilines is 1. The van der Waals surface area contributed by atoms with Crippen molar-refractivity contribution in [3.05, 3.63) is 59.4 Å². The lowest BCUT2D eigenvalue weighted by Crippen LogP contribution is -2.49. The third-order valence-corrected chi connectivity index (χ3v) is 7.37. The molecule has 2 saturated heterocycles. The van der Waals surface area contributed by atoms with Crippen LogP contribution in [0.4, 0.5) is 18.9 Å². The number of nitrogens with zero attached hydrogens (tertiary/aromatic N) is 5. The van der Waals surface area contributed by atoms with Gasteiger partial charge < -0.3 is 14.7 Å². The van der Waals surface area contributed by atoms with E-state index in [4.69, 9.17) is 5.26 Å². The predicted molar refractivity (Wildman–Crippen MR) is 127 cm³/mol. The van der Waals surface area contributed by atoms with Crippen LogP contribution in [0.2, 0.25) is 0 Å². The summed E-state index contributed by atoms with van der Waals surface area (Å²) in [5, 5.41) is 9.13. The first-order valence-electron chi connectivity index (χ1n) is 11.8. The fraction of sp³-hybridized carbons (Fsp3) is 0.462. The second kappa shape index (κ2) is 9.80. The lowest BCUT2D eigenvalue weighted by molar-refractivity contribution is -0.139. The molecule has 7 nitrogen and oxygen atoms in total. The van der Waals surface area contributed by atoms with Crippen LogP contribution in [0.25, 0.3) is 0 Å². The summed E-state index contributed by atoms with van der Waals surface area (Å²) >= 11 is 0. The van der Waals surface area contributed by atoms with E-state index in [1.165, 1.54) is 17.0 Å². The Morgan fingerprint density at radius 1 is 1.22 bits per heavy atom. The van der Waals surface area contributed by atoms with Crippen LogP contribution in [0.5, 0.6) is 0 Å². The quantitative estimate of drug-likeness (QED) is 0.645. The number of carbonyl (C=O) groups excluding carboxylic acids is 2. The molecule has 2 aromatic rings. The largest absolute Gasteiger partial charge is 0.417 e. The number of alkyl halides is 3. The molecular weight excluding hydrogens is 471 g/mol. The van der Waals surface area contributed by atoms with Crippen LogP contribution in [-0.4, -0.2) is 66.9 Å². The number of carbonyl (C=O) groups is 2. The molecule has 0 N–H and O–H groups in total. The Morgan fingerprint density at radius 3 is 2.53 bits per heavy atom. The smallest absolute Gasteiger partial charge is 0.370 e. The maximum absolute atomic E-state index is 13.6. The molecule has 0 bridgehead atoms. The molecule has 1 atom stereocenters. The van der Waals surface area contributed by atoms with E-state index >= 15 is 0 Å². The third-order valence-electron chi connectivity index (χ3n) is 7.37. The van der Waals surface area contributed by atoms with Gasteiger partial charge in [-0.05, 0) is 42.7 Å². The zero-order valence-corrected chi connectivity index (χ0v) is 20.3. The first-order valence-corrected chi connectivity index (χ1v) is 11.8. The van der Waals surface area contributed by atoms with Gasteiger partial charge in [0.2, 0.25) is 11.8 Å². The van der Waals surface area contributed by atoms with Crippen LogP contribution in [0.1, 0.15) is 29.5 Å². The zero-order valence-electron chi connectivity index (χ0n) is 20.3. The average molecular weight is 500 g/mol. The zero-order chi connectivity index (χ0) is 26.1. The maximum Gasteiger partial charge on any atom is 0.417 e. The Hall–Kier alpha value is -3.61. The minimum Gasteiger partial charge on any atom is -0.370 e. The summed E-state index contributed by atoms with van der Waals surface area (Å²) in [6.07, 6.45) is 0.0638.